The molecule has 0 aliphatic carbocycles. The zero-order valence-electron chi connectivity index (χ0n) is 6.96. The molecule has 0 atom stereocenters. The molecule has 11 heavy (non-hydrogen) atoms. The van der Waals surface area contributed by atoms with Crippen molar-refractivity contribution in [3.05, 3.63) is 0 Å². The van der Waals surface area contributed by atoms with Crippen LogP contribution in [0.5, 0.6) is 0 Å². The van der Waals surface area contributed by atoms with Gasteiger partial charge in [-0.25, -0.2) is 0 Å². The van der Waals surface area contributed by atoms with Gasteiger partial charge in [0.2, 0.25) is 0 Å². The van der Waals surface area contributed by atoms with Crippen molar-refractivity contribution in [1.82, 2.24) is 4.90 Å². The molecule has 1 fully saturated rings. The second-order valence-corrected chi connectivity index (χ2v) is 4.74. The molecular formula is C7H14N2S2. The Morgan fingerprint density at radius 2 is 2.36 bits per heavy atom. The molecule has 0 radical (unpaired) electrons. The largest absolute Gasteiger partial charge is 0.350 e. The van der Waals surface area contributed by atoms with Gasteiger partial charge >= 0.3 is 0 Å². The van der Waals surface area contributed by atoms with Gasteiger partial charge in [-0.3, -0.25) is 0 Å². The van der Waals surface area contributed by atoms with Gasteiger partial charge in [0.15, 0.2) is 0 Å². The summed E-state index contributed by atoms with van der Waals surface area (Å²) in [5.74, 6) is 2.15. The minimum atomic E-state index is 0.209. The van der Waals surface area contributed by atoms with Gasteiger partial charge in [0.1, 0.15) is 0 Å². The first kappa shape index (κ1) is 9.29. The number of hydrogen-bond acceptors (Lipinski definition) is 3. The predicted octanol–water partition coefficient (Wildman–Crippen LogP) is 1.06. The molecule has 4 heteroatoms. The van der Waals surface area contributed by atoms with Crippen LogP contribution in [0.3, 0.4) is 0 Å². The summed E-state index contributed by atoms with van der Waals surface area (Å²) in [4.78, 5) is 3.10. The van der Waals surface area contributed by atoms with E-state index in [1.807, 2.05) is 11.8 Å². The van der Waals surface area contributed by atoms with Gasteiger partial charge in [-0.05, 0) is 13.8 Å². The van der Waals surface area contributed by atoms with E-state index in [0.717, 1.165) is 16.6 Å². The maximum atomic E-state index is 5.48. The molecule has 0 aromatic carbocycles. The van der Waals surface area contributed by atoms with Crippen LogP contribution in [-0.4, -0.2) is 33.6 Å². The fourth-order valence-corrected chi connectivity index (χ4v) is 2.99. The zero-order valence-corrected chi connectivity index (χ0v) is 8.60. The van der Waals surface area contributed by atoms with Crippen LogP contribution in [-0.2, 0) is 0 Å². The summed E-state index contributed by atoms with van der Waals surface area (Å²) in [5, 5.41) is 0. The van der Waals surface area contributed by atoms with E-state index in [1.165, 1.54) is 0 Å². The molecule has 1 aliphatic rings. The van der Waals surface area contributed by atoms with Crippen molar-refractivity contribution >= 4 is 29.0 Å². The van der Waals surface area contributed by atoms with E-state index < -0.39 is 0 Å². The van der Waals surface area contributed by atoms with Crippen molar-refractivity contribution in [3.63, 3.8) is 0 Å². The molecule has 64 valence electrons. The normalized spacial score (nSPS) is 22.3. The third kappa shape index (κ3) is 1.86. The van der Waals surface area contributed by atoms with Crippen molar-refractivity contribution in [1.29, 1.82) is 0 Å². The van der Waals surface area contributed by atoms with Crippen LogP contribution in [0.25, 0.3) is 0 Å². The van der Waals surface area contributed by atoms with Crippen LogP contribution < -0.4 is 5.73 Å². The zero-order chi connectivity index (χ0) is 8.48. The molecular weight excluding hydrogens is 176 g/mol. The molecule has 0 amide bonds. The number of hydrogen-bond donors (Lipinski definition) is 1. The maximum absolute atomic E-state index is 5.48. The van der Waals surface area contributed by atoms with E-state index in [1.54, 1.807) is 0 Å². The van der Waals surface area contributed by atoms with Crippen LogP contribution in [0, 0.1) is 0 Å². The van der Waals surface area contributed by atoms with Crippen LogP contribution in [0.4, 0.5) is 0 Å². The Hall–Kier alpha value is 0.200. The summed E-state index contributed by atoms with van der Waals surface area (Å²) in [6.45, 7) is 4.91. The van der Waals surface area contributed by atoms with E-state index >= 15 is 0 Å². The van der Waals surface area contributed by atoms with Gasteiger partial charge in [0, 0.05) is 17.8 Å². The first-order valence-electron chi connectivity index (χ1n) is 3.66. The van der Waals surface area contributed by atoms with Crippen molar-refractivity contribution in [2.75, 3.05) is 18.2 Å². The molecule has 0 saturated carbocycles. The fourth-order valence-electron chi connectivity index (χ4n) is 1.16. The van der Waals surface area contributed by atoms with Gasteiger partial charge in [0.25, 0.3) is 0 Å². The van der Waals surface area contributed by atoms with Crippen molar-refractivity contribution in [2.24, 2.45) is 5.73 Å². The van der Waals surface area contributed by atoms with E-state index in [0.29, 0.717) is 6.54 Å². The molecule has 1 saturated heterocycles. The highest BCUT2D eigenvalue weighted by molar-refractivity contribution is 7.99. The summed E-state index contributed by atoms with van der Waals surface area (Å²) in [6, 6.07) is 0. The summed E-state index contributed by atoms with van der Waals surface area (Å²) < 4.78 is 0. The van der Waals surface area contributed by atoms with Crippen LogP contribution in [0.1, 0.15) is 13.8 Å². The monoisotopic (exact) mass is 190 g/mol. The minimum absolute atomic E-state index is 0.209. The third-order valence-electron chi connectivity index (χ3n) is 1.88. The number of nitrogens with zero attached hydrogens (tertiary/aromatic N) is 1. The third-order valence-corrected chi connectivity index (χ3v) is 3.62. The second kappa shape index (κ2) is 3.29. The Bertz CT molecular complexity index is 168. The number of thioether (sulfide) groups is 1. The lowest BCUT2D eigenvalue weighted by Gasteiger charge is -2.32. The lowest BCUT2D eigenvalue weighted by atomic mass is 10.1. The minimum Gasteiger partial charge on any atom is -0.350 e. The summed E-state index contributed by atoms with van der Waals surface area (Å²) in [5.41, 5.74) is 5.69. The SMILES string of the molecule is CC1(C)CSCN1C(=S)CN. The molecule has 1 heterocycles. The van der Waals surface area contributed by atoms with Crippen LogP contribution in [0.2, 0.25) is 0 Å². The first-order valence-corrected chi connectivity index (χ1v) is 5.22. The molecule has 1 aliphatic heterocycles. The molecule has 0 bridgehead atoms. The van der Waals surface area contributed by atoms with Gasteiger partial charge in [-0.15, -0.1) is 11.8 Å². The molecule has 1 rings (SSSR count). The molecule has 0 spiro atoms. The fraction of sp³-hybridized carbons (Fsp3) is 0.857. The van der Waals surface area contributed by atoms with Gasteiger partial charge in [-0.2, -0.15) is 0 Å². The highest BCUT2D eigenvalue weighted by Gasteiger charge is 2.33. The average molecular weight is 190 g/mol. The highest BCUT2D eigenvalue weighted by atomic mass is 32.2. The van der Waals surface area contributed by atoms with Gasteiger partial charge in [0.05, 0.1) is 10.9 Å². The number of thiocarbonyl (C=S) groups is 1. The number of nitrogens with two attached hydrogens (primary N) is 1. The second-order valence-electron chi connectivity index (χ2n) is 3.32. The first-order chi connectivity index (χ1) is 5.08. The van der Waals surface area contributed by atoms with Crippen molar-refractivity contribution < 1.29 is 0 Å². The Morgan fingerprint density at radius 3 is 2.73 bits per heavy atom. The lowest BCUT2D eigenvalue weighted by molar-refractivity contribution is 0.298. The van der Waals surface area contributed by atoms with E-state index in [4.69, 9.17) is 18.0 Å². The number of rotatable bonds is 1. The average Bonchev–Trinajstić information content (AvgIpc) is 2.28. The smallest absolute Gasteiger partial charge is 0.0929 e. The quantitative estimate of drug-likeness (QED) is 0.626. The maximum Gasteiger partial charge on any atom is 0.0929 e. The van der Waals surface area contributed by atoms with E-state index in [9.17, 15) is 0 Å². The lowest BCUT2D eigenvalue weighted by Crippen LogP contribution is -2.45. The standard InChI is InChI=1S/C7H14N2S2/c1-7(2)4-11-5-9(7)6(10)3-8/h3-5,8H2,1-2H3. The van der Waals surface area contributed by atoms with E-state index in [2.05, 4.69) is 18.7 Å². The Kier molecular flexibility index (Phi) is 2.78. The predicted molar refractivity (Wildman–Crippen MR) is 54.9 cm³/mol. The van der Waals surface area contributed by atoms with Crippen LogP contribution >= 0.6 is 24.0 Å². The molecule has 0 aromatic rings. The topological polar surface area (TPSA) is 29.3 Å². The van der Waals surface area contributed by atoms with Crippen LogP contribution in [0.15, 0.2) is 0 Å². The Labute approximate surface area is 77.5 Å². The molecule has 2 N–H and O–H groups in total. The molecule has 2 nitrogen and oxygen atoms in total. The Morgan fingerprint density at radius 1 is 1.73 bits per heavy atom. The van der Waals surface area contributed by atoms with Crippen molar-refractivity contribution in [3.8, 4) is 0 Å². The molecule has 0 unspecified atom stereocenters. The molecule has 0 aromatic heterocycles. The summed E-state index contributed by atoms with van der Waals surface area (Å²) in [6.07, 6.45) is 0. The Balaban J connectivity index is 2.64. The summed E-state index contributed by atoms with van der Waals surface area (Å²) >= 11 is 7.07. The highest BCUT2D eigenvalue weighted by Crippen LogP contribution is 2.30. The van der Waals surface area contributed by atoms with Crippen molar-refractivity contribution in [2.45, 2.75) is 19.4 Å². The van der Waals surface area contributed by atoms with Gasteiger partial charge in [-0.1, -0.05) is 12.2 Å². The van der Waals surface area contributed by atoms with E-state index in [-0.39, 0.29) is 5.54 Å². The van der Waals surface area contributed by atoms with Gasteiger partial charge < -0.3 is 10.6 Å². The summed E-state index contributed by atoms with van der Waals surface area (Å²) in [7, 11) is 0.